The van der Waals surface area contributed by atoms with E-state index in [1.54, 1.807) is 23.9 Å². The Bertz CT molecular complexity index is 811. The van der Waals surface area contributed by atoms with Crippen molar-refractivity contribution in [1.82, 2.24) is 15.0 Å². The van der Waals surface area contributed by atoms with Crippen LogP contribution in [-0.4, -0.2) is 33.2 Å². The summed E-state index contributed by atoms with van der Waals surface area (Å²) in [5, 5.41) is 17.1. The smallest absolute Gasteiger partial charge is 0.335 e. The normalized spacial score (nSPS) is 10.9. The van der Waals surface area contributed by atoms with Crippen molar-refractivity contribution in [3.8, 4) is 5.69 Å². The molecule has 21 heavy (non-hydrogen) atoms. The summed E-state index contributed by atoms with van der Waals surface area (Å²) in [6, 6.07) is 12.5. The van der Waals surface area contributed by atoms with E-state index >= 15 is 0 Å². The van der Waals surface area contributed by atoms with Crippen molar-refractivity contribution in [2.24, 2.45) is 0 Å². The maximum Gasteiger partial charge on any atom is 0.335 e. The molecule has 0 saturated carbocycles. The van der Waals surface area contributed by atoms with Gasteiger partial charge in [-0.3, -0.25) is 0 Å². The standard InChI is InChI=1S/C15H13N3O3/c1-21-9-10-3-2-4-12(7-10)18-14-6-5-11(15(19)20)8-13(14)16-17-18/h2-8H,9H2,1H3,(H,19,20). The number of ether oxygens (including phenoxy) is 1. The molecule has 3 aromatic rings. The molecule has 0 radical (unpaired) electrons. The van der Waals surface area contributed by atoms with Gasteiger partial charge in [0.15, 0.2) is 0 Å². The van der Waals surface area contributed by atoms with Crippen LogP contribution in [-0.2, 0) is 11.3 Å². The number of methoxy groups -OCH3 is 1. The van der Waals surface area contributed by atoms with Gasteiger partial charge in [-0.05, 0) is 35.9 Å². The summed E-state index contributed by atoms with van der Waals surface area (Å²) in [6.45, 7) is 0.517. The highest BCUT2D eigenvalue weighted by Crippen LogP contribution is 2.19. The minimum atomic E-state index is -0.978. The number of fused-ring (bicyclic) bond motifs is 1. The van der Waals surface area contributed by atoms with Gasteiger partial charge < -0.3 is 9.84 Å². The van der Waals surface area contributed by atoms with Crippen LogP contribution < -0.4 is 0 Å². The van der Waals surface area contributed by atoms with Crippen LogP contribution in [0.15, 0.2) is 42.5 Å². The van der Waals surface area contributed by atoms with Gasteiger partial charge in [-0.25, -0.2) is 9.48 Å². The summed E-state index contributed by atoms with van der Waals surface area (Å²) in [5.74, 6) is -0.978. The molecule has 0 aliphatic rings. The highest BCUT2D eigenvalue weighted by atomic mass is 16.5. The molecule has 0 amide bonds. The Kier molecular flexibility index (Phi) is 3.37. The third-order valence-electron chi connectivity index (χ3n) is 3.16. The van der Waals surface area contributed by atoms with Crippen molar-refractivity contribution in [3.05, 3.63) is 53.6 Å². The molecule has 6 heteroatoms. The molecule has 0 bridgehead atoms. The fraction of sp³-hybridized carbons (Fsp3) is 0.133. The molecule has 0 fully saturated rings. The quantitative estimate of drug-likeness (QED) is 0.794. The minimum absolute atomic E-state index is 0.197. The Balaban J connectivity index is 2.08. The third kappa shape index (κ3) is 2.48. The molecule has 3 rings (SSSR count). The van der Waals surface area contributed by atoms with E-state index in [4.69, 9.17) is 9.84 Å². The number of carboxylic acid groups (broad SMARTS) is 1. The molecular formula is C15H13N3O3. The van der Waals surface area contributed by atoms with E-state index in [-0.39, 0.29) is 5.56 Å². The van der Waals surface area contributed by atoms with Crippen LogP contribution >= 0.6 is 0 Å². The summed E-state index contributed by atoms with van der Waals surface area (Å²) in [4.78, 5) is 11.0. The van der Waals surface area contributed by atoms with Gasteiger partial charge in [0.05, 0.1) is 23.4 Å². The zero-order valence-corrected chi connectivity index (χ0v) is 11.4. The van der Waals surface area contributed by atoms with Gasteiger partial charge >= 0.3 is 5.97 Å². The molecule has 2 aromatic carbocycles. The lowest BCUT2D eigenvalue weighted by Crippen LogP contribution is -1.99. The van der Waals surface area contributed by atoms with Gasteiger partial charge in [0.2, 0.25) is 0 Å². The van der Waals surface area contributed by atoms with Crippen LogP contribution in [0.4, 0.5) is 0 Å². The van der Waals surface area contributed by atoms with Crippen molar-refractivity contribution < 1.29 is 14.6 Å². The van der Waals surface area contributed by atoms with Gasteiger partial charge in [0.25, 0.3) is 0 Å². The van der Waals surface area contributed by atoms with Gasteiger partial charge in [-0.15, -0.1) is 5.10 Å². The first kappa shape index (κ1) is 13.3. The first-order valence-corrected chi connectivity index (χ1v) is 6.36. The zero-order valence-electron chi connectivity index (χ0n) is 11.4. The number of rotatable bonds is 4. The van der Waals surface area contributed by atoms with Gasteiger partial charge in [-0.1, -0.05) is 17.3 Å². The van der Waals surface area contributed by atoms with Crippen LogP contribution in [0.25, 0.3) is 16.7 Å². The summed E-state index contributed by atoms with van der Waals surface area (Å²) in [5.41, 5.74) is 3.39. The van der Waals surface area contributed by atoms with E-state index in [9.17, 15) is 4.79 Å². The number of hydrogen-bond donors (Lipinski definition) is 1. The largest absolute Gasteiger partial charge is 0.478 e. The Hall–Kier alpha value is -2.73. The van der Waals surface area contributed by atoms with Crippen molar-refractivity contribution in [3.63, 3.8) is 0 Å². The van der Waals surface area contributed by atoms with Gasteiger partial charge in [-0.2, -0.15) is 0 Å². The average molecular weight is 283 g/mol. The van der Waals surface area contributed by atoms with Crippen LogP contribution in [0.3, 0.4) is 0 Å². The van der Waals surface area contributed by atoms with E-state index in [1.165, 1.54) is 6.07 Å². The Labute approximate surface area is 120 Å². The molecule has 0 saturated heterocycles. The highest BCUT2D eigenvalue weighted by molar-refractivity contribution is 5.92. The summed E-state index contributed by atoms with van der Waals surface area (Å²) >= 11 is 0. The van der Waals surface area contributed by atoms with Gasteiger partial charge in [0, 0.05) is 7.11 Å². The molecule has 0 spiro atoms. The van der Waals surface area contributed by atoms with Crippen LogP contribution in [0.5, 0.6) is 0 Å². The number of carbonyl (C=O) groups is 1. The van der Waals surface area contributed by atoms with Crippen molar-refractivity contribution >= 4 is 17.0 Å². The molecule has 0 atom stereocenters. The fourth-order valence-electron chi connectivity index (χ4n) is 2.19. The Morgan fingerprint density at radius 1 is 1.29 bits per heavy atom. The molecule has 0 aliphatic carbocycles. The van der Waals surface area contributed by atoms with Crippen molar-refractivity contribution in [2.45, 2.75) is 6.61 Å². The summed E-state index contributed by atoms with van der Waals surface area (Å²) < 4.78 is 6.80. The zero-order chi connectivity index (χ0) is 14.8. The SMILES string of the molecule is COCc1cccc(-n2nnc3cc(C(=O)O)ccc32)c1. The Morgan fingerprint density at radius 2 is 2.14 bits per heavy atom. The van der Waals surface area contributed by atoms with E-state index in [1.807, 2.05) is 24.3 Å². The predicted molar refractivity (Wildman–Crippen MR) is 76.5 cm³/mol. The van der Waals surface area contributed by atoms with Crippen molar-refractivity contribution in [1.29, 1.82) is 0 Å². The first-order chi connectivity index (χ1) is 10.2. The Morgan fingerprint density at radius 3 is 2.90 bits per heavy atom. The average Bonchev–Trinajstić information content (AvgIpc) is 2.90. The van der Waals surface area contributed by atoms with E-state index in [0.717, 1.165) is 16.8 Å². The molecule has 1 N–H and O–H groups in total. The van der Waals surface area contributed by atoms with E-state index < -0.39 is 5.97 Å². The number of carboxylic acids is 1. The number of hydrogen-bond acceptors (Lipinski definition) is 4. The maximum absolute atomic E-state index is 11.0. The second-order valence-electron chi connectivity index (χ2n) is 4.61. The molecule has 0 unspecified atom stereocenters. The van der Waals surface area contributed by atoms with E-state index in [2.05, 4.69) is 10.3 Å². The first-order valence-electron chi connectivity index (χ1n) is 6.36. The monoisotopic (exact) mass is 283 g/mol. The number of nitrogens with zero attached hydrogens (tertiary/aromatic N) is 3. The number of aromatic nitrogens is 3. The van der Waals surface area contributed by atoms with Crippen LogP contribution in [0.2, 0.25) is 0 Å². The molecule has 0 aliphatic heterocycles. The lowest BCUT2D eigenvalue weighted by Gasteiger charge is -2.05. The number of aromatic carboxylic acids is 1. The lowest BCUT2D eigenvalue weighted by molar-refractivity contribution is 0.0697. The lowest BCUT2D eigenvalue weighted by atomic mass is 10.2. The maximum atomic E-state index is 11.0. The molecular weight excluding hydrogens is 270 g/mol. The highest BCUT2D eigenvalue weighted by Gasteiger charge is 2.10. The molecule has 1 heterocycles. The summed E-state index contributed by atoms with van der Waals surface area (Å²) in [7, 11) is 1.64. The second-order valence-corrected chi connectivity index (χ2v) is 4.61. The third-order valence-corrected chi connectivity index (χ3v) is 3.16. The molecule has 106 valence electrons. The van der Waals surface area contributed by atoms with Crippen LogP contribution in [0, 0.1) is 0 Å². The van der Waals surface area contributed by atoms with Crippen LogP contribution in [0.1, 0.15) is 15.9 Å². The van der Waals surface area contributed by atoms with Gasteiger partial charge in [0.1, 0.15) is 5.52 Å². The predicted octanol–water partition coefficient (Wildman–Crippen LogP) is 2.27. The molecule has 6 nitrogen and oxygen atoms in total. The minimum Gasteiger partial charge on any atom is -0.478 e. The fourth-order valence-corrected chi connectivity index (χ4v) is 2.19. The summed E-state index contributed by atoms with van der Waals surface area (Å²) in [6.07, 6.45) is 0. The van der Waals surface area contributed by atoms with Crippen molar-refractivity contribution in [2.75, 3.05) is 7.11 Å². The topological polar surface area (TPSA) is 77.2 Å². The number of benzene rings is 2. The van der Waals surface area contributed by atoms with E-state index in [0.29, 0.717) is 12.1 Å². The molecule has 1 aromatic heterocycles. The second kappa shape index (κ2) is 5.34.